The fraction of sp³-hybridized carbons (Fsp3) is 0.500. The minimum Gasteiger partial charge on any atom is -0.491 e. The SMILES string of the molecule is CCCC1CCC(C(F)(F)Oc2ccc(-c3ccc(OCC)c(F)c3F)cc2F)CC1. The fourth-order valence-electron chi connectivity index (χ4n) is 4.20. The number of rotatable bonds is 8. The van der Waals surface area contributed by atoms with Gasteiger partial charge in [-0.1, -0.05) is 25.8 Å². The predicted octanol–water partition coefficient (Wildman–Crippen LogP) is 7.75. The van der Waals surface area contributed by atoms with Crippen LogP contribution >= 0.6 is 0 Å². The first kappa shape index (κ1) is 23.4. The van der Waals surface area contributed by atoms with Gasteiger partial charge < -0.3 is 9.47 Å². The molecule has 0 bridgehead atoms. The third kappa shape index (κ3) is 5.31. The van der Waals surface area contributed by atoms with Gasteiger partial charge in [0.05, 0.1) is 12.5 Å². The van der Waals surface area contributed by atoms with Crippen LogP contribution in [0.3, 0.4) is 0 Å². The second-order valence-electron chi connectivity index (χ2n) is 7.99. The van der Waals surface area contributed by atoms with Crippen LogP contribution in [0.4, 0.5) is 22.0 Å². The normalized spacial score (nSPS) is 19.3. The molecule has 0 atom stereocenters. The summed E-state index contributed by atoms with van der Waals surface area (Å²) in [7, 11) is 0. The number of benzene rings is 2. The van der Waals surface area contributed by atoms with Gasteiger partial charge in [0.25, 0.3) is 0 Å². The lowest BCUT2D eigenvalue weighted by molar-refractivity contribution is -0.224. The lowest BCUT2D eigenvalue weighted by atomic mass is 9.79. The molecule has 0 spiro atoms. The monoisotopic (exact) mass is 442 g/mol. The Balaban J connectivity index is 1.75. The third-order valence-corrected chi connectivity index (χ3v) is 5.85. The van der Waals surface area contributed by atoms with E-state index in [1.807, 2.05) is 0 Å². The number of halogens is 5. The van der Waals surface area contributed by atoms with Gasteiger partial charge in [0.2, 0.25) is 5.82 Å². The van der Waals surface area contributed by atoms with Crippen LogP contribution < -0.4 is 9.47 Å². The van der Waals surface area contributed by atoms with Gasteiger partial charge >= 0.3 is 6.11 Å². The molecule has 1 aliphatic rings. The molecule has 0 heterocycles. The Kier molecular flexibility index (Phi) is 7.44. The van der Waals surface area contributed by atoms with Crippen molar-refractivity contribution >= 4 is 0 Å². The maximum atomic E-state index is 14.6. The highest BCUT2D eigenvalue weighted by Crippen LogP contribution is 2.42. The summed E-state index contributed by atoms with van der Waals surface area (Å²) in [5.41, 5.74) is -0.194. The van der Waals surface area contributed by atoms with Gasteiger partial charge in [-0.15, -0.1) is 0 Å². The minimum atomic E-state index is -3.50. The predicted molar refractivity (Wildman–Crippen MR) is 109 cm³/mol. The molecule has 3 rings (SSSR count). The highest BCUT2D eigenvalue weighted by molar-refractivity contribution is 5.66. The molecular weight excluding hydrogens is 415 g/mol. The van der Waals surface area contributed by atoms with Gasteiger partial charge in [-0.2, -0.15) is 13.2 Å². The fourth-order valence-corrected chi connectivity index (χ4v) is 4.20. The molecule has 1 aliphatic carbocycles. The van der Waals surface area contributed by atoms with Gasteiger partial charge in [0.15, 0.2) is 23.1 Å². The van der Waals surface area contributed by atoms with Crippen LogP contribution in [0.5, 0.6) is 11.5 Å². The van der Waals surface area contributed by atoms with Crippen molar-refractivity contribution in [1.29, 1.82) is 0 Å². The van der Waals surface area contributed by atoms with E-state index in [1.165, 1.54) is 18.2 Å². The standard InChI is InChI=1S/C24H27F5O2/c1-3-5-15-6-9-17(10-7-15)24(28,29)31-20-12-8-16(14-19(20)25)18-11-13-21(30-4-2)23(27)22(18)26/h8,11-15,17H,3-7,9-10H2,1-2H3. The third-order valence-electron chi connectivity index (χ3n) is 5.85. The molecule has 2 aromatic carbocycles. The maximum absolute atomic E-state index is 14.6. The molecular formula is C24H27F5O2. The van der Waals surface area contributed by atoms with Crippen molar-refractivity contribution in [2.45, 2.75) is 58.5 Å². The van der Waals surface area contributed by atoms with E-state index in [2.05, 4.69) is 6.92 Å². The van der Waals surface area contributed by atoms with Crippen LogP contribution in [0.15, 0.2) is 30.3 Å². The number of hydrogen-bond acceptors (Lipinski definition) is 2. The molecule has 0 saturated heterocycles. The summed E-state index contributed by atoms with van der Waals surface area (Å²) in [6.45, 7) is 3.86. The molecule has 1 fully saturated rings. The van der Waals surface area contributed by atoms with Gasteiger partial charge in [-0.3, -0.25) is 0 Å². The zero-order valence-corrected chi connectivity index (χ0v) is 17.7. The minimum absolute atomic E-state index is 0.00712. The molecule has 2 nitrogen and oxygen atoms in total. The van der Waals surface area contributed by atoms with Crippen LogP contribution in [0.25, 0.3) is 11.1 Å². The zero-order valence-electron chi connectivity index (χ0n) is 17.7. The molecule has 2 aromatic rings. The Bertz CT molecular complexity index is 892. The topological polar surface area (TPSA) is 18.5 Å². The van der Waals surface area contributed by atoms with Crippen LogP contribution in [0, 0.1) is 29.3 Å². The Morgan fingerprint density at radius 2 is 1.58 bits per heavy atom. The lowest BCUT2D eigenvalue weighted by Crippen LogP contribution is -2.37. The van der Waals surface area contributed by atoms with Crippen molar-refractivity contribution in [2.24, 2.45) is 11.8 Å². The van der Waals surface area contributed by atoms with E-state index in [0.29, 0.717) is 31.6 Å². The molecule has 7 heteroatoms. The second kappa shape index (κ2) is 9.88. The maximum Gasteiger partial charge on any atom is 0.400 e. The quantitative estimate of drug-likeness (QED) is 0.389. The number of ether oxygens (including phenoxy) is 2. The van der Waals surface area contributed by atoms with Crippen molar-refractivity contribution in [3.8, 4) is 22.6 Å². The summed E-state index contributed by atoms with van der Waals surface area (Å²) >= 11 is 0. The van der Waals surface area contributed by atoms with Crippen molar-refractivity contribution < 1.29 is 31.4 Å². The smallest absolute Gasteiger partial charge is 0.400 e. The average molecular weight is 442 g/mol. The Morgan fingerprint density at radius 1 is 0.903 bits per heavy atom. The summed E-state index contributed by atoms with van der Waals surface area (Å²) in [5, 5.41) is 0. The van der Waals surface area contributed by atoms with Crippen molar-refractivity contribution in [3.63, 3.8) is 0 Å². The van der Waals surface area contributed by atoms with E-state index < -0.39 is 35.2 Å². The second-order valence-corrected chi connectivity index (χ2v) is 7.99. The summed E-state index contributed by atoms with van der Waals surface area (Å²) in [5.74, 6) is -4.84. The van der Waals surface area contributed by atoms with Gasteiger partial charge in [-0.25, -0.2) is 8.78 Å². The number of hydrogen-bond donors (Lipinski definition) is 0. The largest absolute Gasteiger partial charge is 0.491 e. The van der Waals surface area contributed by atoms with Gasteiger partial charge in [0.1, 0.15) is 0 Å². The molecule has 0 aliphatic heterocycles. The van der Waals surface area contributed by atoms with E-state index in [-0.39, 0.29) is 23.5 Å². The highest BCUT2D eigenvalue weighted by atomic mass is 19.3. The molecule has 31 heavy (non-hydrogen) atoms. The van der Waals surface area contributed by atoms with Crippen LogP contribution in [0.2, 0.25) is 0 Å². The van der Waals surface area contributed by atoms with E-state index in [4.69, 9.17) is 9.47 Å². The van der Waals surface area contributed by atoms with E-state index >= 15 is 0 Å². The zero-order chi connectivity index (χ0) is 22.6. The molecule has 0 radical (unpaired) electrons. The van der Waals surface area contributed by atoms with Gasteiger partial charge in [0, 0.05) is 5.56 Å². The van der Waals surface area contributed by atoms with Crippen molar-refractivity contribution in [3.05, 3.63) is 47.8 Å². The Hall–Kier alpha value is -2.31. The first-order valence-electron chi connectivity index (χ1n) is 10.7. The first-order valence-corrected chi connectivity index (χ1v) is 10.7. The van der Waals surface area contributed by atoms with Crippen molar-refractivity contribution in [2.75, 3.05) is 6.61 Å². The van der Waals surface area contributed by atoms with Gasteiger partial charge in [-0.05, 0) is 68.4 Å². The van der Waals surface area contributed by atoms with Crippen LogP contribution in [-0.4, -0.2) is 12.7 Å². The molecule has 0 aromatic heterocycles. The van der Waals surface area contributed by atoms with E-state index in [9.17, 15) is 22.0 Å². The molecule has 0 amide bonds. The Morgan fingerprint density at radius 3 is 2.19 bits per heavy atom. The molecule has 0 N–H and O–H groups in total. The summed E-state index contributed by atoms with van der Waals surface area (Å²) in [6, 6.07) is 5.60. The van der Waals surface area contributed by atoms with Crippen LogP contribution in [-0.2, 0) is 0 Å². The van der Waals surface area contributed by atoms with E-state index in [1.54, 1.807) is 6.92 Å². The summed E-state index contributed by atoms with van der Waals surface area (Å²) in [4.78, 5) is 0. The lowest BCUT2D eigenvalue weighted by Gasteiger charge is -2.33. The molecule has 1 saturated carbocycles. The van der Waals surface area contributed by atoms with Crippen molar-refractivity contribution in [1.82, 2.24) is 0 Å². The average Bonchev–Trinajstić information content (AvgIpc) is 2.74. The van der Waals surface area contributed by atoms with Crippen LogP contribution in [0.1, 0.15) is 52.4 Å². The summed E-state index contributed by atoms with van der Waals surface area (Å²) < 4.78 is 82.0. The highest BCUT2D eigenvalue weighted by Gasteiger charge is 2.44. The summed E-state index contributed by atoms with van der Waals surface area (Å²) in [6.07, 6.45) is 0.623. The first-order chi connectivity index (χ1) is 14.8. The molecule has 0 unspecified atom stereocenters. The number of alkyl halides is 2. The molecule has 170 valence electrons. The van der Waals surface area contributed by atoms with E-state index in [0.717, 1.165) is 25.0 Å². The Labute approximate surface area is 179 Å².